The molecular formula is C27H34N4O3. The van der Waals surface area contributed by atoms with Crippen molar-refractivity contribution in [3.05, 3.63) is 83.7 Å². The summed E-state index contributed by atoms with van der Waals surface area (Å²) in [5.74, 6) is -0.393. The van der Waals surface area contributed by atoms with Gasteiger partial charge < -0.3 is 9.84 Å². The summed E-state index contributed by atoms with van der Waals surface area (Å²) in [7, 11) is 0. The molecule has 34 heavy (non-hydrogen) atoms. The second-order valence-corrected chi connectivity index (χ2v) is 8.98. The minimum atomic E-state index is -0.549. The van der Waals surface area contributed by atoms with E-state index < -0.39 is 12.1 Å². The molecule has 0 bridgehead atoms. The maximum absolute atomic E-state index is 12.2. The molecule has 0 saturated carbocycles. The molecule has 1 aromatic heterocycles. The fourth-order valence-corrected chi connectivity index (χ4v) is 4.66. The number of aromatic nitrogens is 3. The van der Waals surface area contributed by atoms with E-state index in [2.05, 4.69) is 46.4 Å². The molecule has 0 radical (unpaired) electrons. The van der Waals surface area contributed by atoms with Gasteiger partial charge in [0.2, 0.25) is 0 Å². The van der Waals surface area contributed by atoms with Crippen LogP contribution in [-0.4, -0.2) is 50.2 Å². The van der Waals surface area contributed by atoms with Crippen LogP contribution in [0.15, 0.2) is 66.9 Å². The number of carbonyl (C=O) groups excluding carboxylic acids is 1. The number of aliphatic hydroxyl groups is 1. The van der Waals surface area contributed by atoms with Gasteiger partial charge in [0.05, 0.1) is 23.9 Å². The number of benzene rings is 2. The standard InChI is InChI=1S/C27H34N4O3/c1-2-3-4-11-16-30-19-26(32)25(17-24(30)21-12-7-5-8-13-21)31-18-23(28-29-31)20-34-27(33)22-14-9-6-10-15-22/h5-10,12-15,18,24-26,32H,2-4,11,16-17,19-20H2,1H3/t24-,25+,26+/m0/s1. The third-order valence-corrected chi connectivity index (χ3v) is 6.51. The minimum Gasteiger partial charge on any atom is -0.455 e. The van der Waals surface area contributed by atoms with E-state index in [1.54, 1.807) is 35.1 Å². The molecule has 2 aromatic carbocycles. The number of nitrogens with zero attached hydrogens (tertiary/aromatic N) is 4. The predicted molar refractivity (Wildman–Crippen MR) is 130 cm³/mol. The first-order valence-corrected chi connectivity index (χ1v) is 12.3. The minimum absolute atomic E-state index is 0.0439. The highest BCUT2D eigenvalue weighted by Gasteiger charge is 2.36. The molecule has 0 spiro atoms. The first-order valence-electron chi connectivity index (χ1n) is 12.3. The zero-order valence-electron chi connectivity index (χ0n) is 19.8. The van der Waals surface area contributed by atoms with E-state index in [0.717, 1.165) is 19.4 Å². The van der Waals surface area contributed by atoms with Gasteiger partial charge in [-0.15, -0.1) is 5.10 Å². The lowest BCUT2D eigenvalue weighted by Gasteiger charge is -2.42. The van der Waals surface area contributed by atoms with Gasteiger partial charge in [0.1, 0.15) is 12.3 Å². The molecule has 3 atom stereocenters. The van der Waals surface area contributed by atoms with Crippen LogP contribution in [0.1, 0.15) is 72.7 Å². The number of ether oxygens (including phenoxy) is 1. The van der Waals surface area contributed by atoms with Crippen LogP contribution in [0.5, 0.6) is 0 Å². The second-order valence-electron chi connectivity index (χ2n) is 8.98. The quantitative estimate of drug-likeness (QED) is 0.351. The SMILES string of the molecule is CCCCCCN1C[C@@H](O)[C@H](n2cc(COC(=O)c3ccccc3)nn2)C[C@H]1c1ccccc1. The van der Waals surface area contributed by atoms with Gasteiger partial charge >= 0.3 is 5.97 Å². The Kier molecular flexibility index (Phi) is 8.44. The highest BCUT2D eigenvalue weighted by atomic mass is 16.5. The van der Waals surface area contributed by atoms with E-state index >= 15 is 0 Å². The van der Waals surface area contributed by atoms with Crippen molar-refractivity contribution in [1.82, 2.24) is 19.9 Å². The lowest BCUT2D eigenvalue weighted by Crippen LogP contribution is -2.46. The number of likely N-dealkylation sites (tertiary alicyclic amines) is 1. The van der Waals surface area contributed by atoms with E-state index in [1.165, 1.54) is 24.8 Å². The van der Waals surface area contributed by atoms with Crippen molar-refractivity contribution in [1.29, 1.82) is 0 Å². The number of esters is 1. The Hall–Kier alpha value is -3.03. The largest absolute Gasteiger partial charge is 0.455 e. The Balaban J connectivity index is 1.42. The Morgan fingerprint density at radius 2 is 1.79 bits per heavy atom. The van der Waals surface area contributed by atoms with E-state index in [1.807, 2.05) is 12.1 Å². The number of rotatable bonds is 10. The van der Waals surface area contributed by atoms with Crippen LogP contribution in [-0.2, 0) is 11.3 Å². The summed E-state index contributed by atoms with van der Waals surface area (Å²) in [6.45, 7) is 3.83. The average Bonchev–Trinajstić information content (AvgIpc) is 3.35. The van der Waals surface area contributed by atoms with E-state index in [0.29, 0.717) is 17.8 Å². The number of piperidine rings is 1. The van der Waals surface area contributed by atoms with Gasteiger partial charge in [0.15, 0.2) is 0 Å². The number of β-amino-alcohol motifs (C(OH)–C–C–N with tert-alkyl or cyclic N) is 1. The maximum Gasteiger partial charge on any atom is 0.338 e. The van der Waals surface area contributed by atoms with E-state index in [4.69, 9.17) is 4.74 Å². The number of unbranched alkanes of at least 4 members (excludes halogenated alkanes) is 3. The summed E-state index contributed by atoms with van der Waals surface area (Å²) in [5, 5.41) is 19.5. The monoisotopic (exact) mass is 462 g/mol. The van der Waals surface area contributed by atoms with Gasteiger partial charge in [-0.05, 0) is 37.1 Å². The van der Waals surface area contributed by atoms with Gasteiger partial charge in [0, 0.05) is 12.6 Å². The zero-order chi connectivity index (χ0) is 23.8. The lowest BCUT2D eigenvalue weighted by atomic mass is 9.89. The molecule has 1 N–H and O–H groups in total. The molecule has 1 saturated heterocycles. The molecule has 0 unspecified atom stereocenters. The molecule has 1 fully saturated rings. The fourth-order valence-electron chi connectivity index (χ4n) is 4.66. The predicted octanol–water partition coefficient (Wildman–Crippen LogP) is 4.56. The third kappa shape index (κ3) is 6.10. The molecule has 7 heteroatoms. The van der Waals surface area contributed by atoms with Crippen molar-refractivity contribution >= 4 is 5.97 Å². The van der Waals surface area contributed by atoms with Crippen LogP contribution in [0.3, 0.4) is 0 Å². The summed E-state index contributed by atoms with van der Waals surface area (Å²) >= 11 is 0. The van der Waals surface area contributed by atoms with Crippen molar-refractivity contribution in [2.24, 2.45) is 0 Å². The lowest BCUT2D eigenvalue weighted by molar-refractivity contribution is -0.0102. The van der Waals surface area contributed by atoms with Crippen LogP contribution < -0.4 is 0 Å². The van der Waals surface area contributed by atoms with Gasteiger partial charge in [-0.25, -0.2) is 9.48 Å². The molecule has 2 heterocycles. The van der Waals surface area contributed by atoms with Crippen molar-refractivity contribution in [2.75, 3.05) is 13.1 Å². The normalized spacial score (nSPS) is 20.8. The van der Waals surface area contributed by atoms with Crippen LogP contribution in [0.25, 0.3) is 0 Å². The van der Waals surface area contributed by atoms with Crippen molar-refractivity contribution in [3.8, 4) is 0 Å². The summed E-state index contributed by atoms with van der Waals surface area (Å²) < 4.78 is 7.12. The molecule has 7 nitrogen and oxygen atoms in total. The summed E-state index contributed by atoms with van der Waals surface area (Å²) in [6.07, 6.45) is 6.77. The number of carbonyl (C=O) groups is 1. The highest BCUT2D eigenvalue weighted by Crippen LogP contribution is 2.36. The second kappa shape index (κ2) is 11.9. The first kappa shape index (κ1) is 24.1. The van der Waals surface area contributed by atoms with Gasteiger partial charge in [-0.1, -0.05) is 79.9 Å². The molecular weight excluding hydrogens is 428 g/mol. The average molecular weight is 463 g/mol. The maximum atomic E-state index is 12.2. The number of hydrogen-bond acceptors (Lipinski definition) is 6. The Bertz CT molecular complexity index is 1020. The number of hydrogen-bond donors (Lipinski definition) is 1. The summed E-state index contributed by atoms with van der Waals surface area (Å²) in [4.78, 5) is 14.6. The Labute approximate surface area is 201 Å². The summed E-state index contributed by atoms with van der Waals surface area (Å²) in [6, 6.07) is 19.4. The molecule has 4 rings (SSSR count). The van der Waals surface area contributed by atoms with Gasteiger partial charge in [-0.3, -0.25) is 4.90 Å². The molecule has 0 amide bonds. The Morgan fingerprint density at radius 1 is 1.06 bits per heavy atom. The zero-order valence-corrected chi connectivity index (χ0v) is 19.8. The topological polar surface area (TPSA) is 80.5 Å². The van der Waals surface area contributed by atoms with Gasteiger partial charge in [-0.2, -0.15) is 0 Å². The fraction of sp³-hybridized carbons (Fsp3) is 0.444. The highest BCUT2D eigenvalue weighted by molar-refractivity contribution is 5.89. The van der Waals surface area contributed by atoms with E-state index in [-0.39, 0.29) is 18.7 Å². The summed E-state index contributed by atoms with van der Waals surface area (Å²) in [5.41, 5.74) is 2.32. The van der Waals surface area contributed by atoms with E-state index in [9.17, 15) is 9.90 Å². The molecule has 3 aromatic rings. The first-order chi connectivity index (χ1) is 16.7. The smallest absolute Gasteiger partial charge is 0.338 e. The van der Waals surface area contributed by atoms with Crippen LogP contribution in [0.2, 0.25) is 0 Å². The van der Waals surface area contributed by atoms with Crippen molar-refractivity contribution < 1.29 is 14.6 Å². The van der Waals surface area contributed by atoms with Crippen molar-refractivity contribution in [3.63, 3.8) is 0 Å². The van der Waals surface area contributed by atoms with Crippen LogP contribution in [0, 0.1) is 0 Å². The van der Waals surface area contributed by atoms with Crippen molar-refractivity contribution in [2.45, 2.75) is 63.8 Å². The Morgan fingerprint density at radius 3 is 2.53 bits per heavy atom. The van der Waals surface area contributed by atoms with Crippen LogP contribution in [0.4, 0.5) is 0 Å². The van der Waals surface area contributed by atoms with Gasteiger partial charge in [0.25, 0.3) is 0 Å². The molecule has 180 valence electrons. The number of aliphatic hydroxyl groups excluding tert-OH is 1. The molecule has 1 aliphatic heterocycles. The molecule has 1 aliphatic rings. The third-order valence-electron chi connectivity index (χ3n) is 6.51. The van der Waals surface area contributed by atoms with Crippen LogP contribution >= 0.6 is 0 Å². The molecule has 0 aliphatic carbocycles.